The second-order valence-corrected chi connectivity index (χ2v) is 32.3. The van der Waals surface area contributed by atoms with Crippen LogP contribution in [0, 0.1) is 5.92 Å². The van der Waals surface area contributed by atoms with Crippen molar-refractivity contribution in [1.82, 2.24) is 0 Å². The highest BCUT2D eigenvalue weighted by Crippen LogP contribution is 2.45. The summed E-state index contributed by atoms with van der Waals surface area (Å²) in [5, 5.41) is 10.6. The van der Waals surface area contributed by atoms with E-state index in [-0.39, 0.29) is 25.7 Å². The summed E-state index contributed by atoms with van der Waals surface area (Å²) in [4.78, 5) is 73.0. The van der Waals surface area contributed by atoms with Crippen molar-refractivity contribution in [2.24, 2.45) is 5.92 Å². The van der Waals surface area contributed by atoms with Crippen LogP contribution in [0.3, 0.4) is 0 Å². The first-order chi connectivity index (χ1) is 48.6. The van der Waals surface area contributed by atoms with Gasteiger partial charge in [-0.25, -0.2) is 9.13 Å². The van der Waals surface area contributed by atoms with Crippen molar-refractivity contribution < 1.29 is 80.2 Å². The van der Waals surface area contributed by atoms with Crippen LogP contribution in [0.25, 0.3) is 0 Å². The largest absolute Gasteiger partial charge is 0.472 e. The van der Waals surface area contributed by atoms with Gasteiger partial charge in [-0.2, -0.15) is 0 Å². The minimum absolute atomic E-state index is 0.106. The van der Waals surface area contributed by atoms with Gasteiger partial charge in [-0.1, -0.05) is 381 Å². The maximum atomic E-state index is 13.1. The lowest BCUT2D eigenvalue weighted by Gasteiger charge is -2.21. The number of aliphatic hydroxyl groups is 1. The van der Waals surface area contributed by atoms with Gasteiger partial charge >= 0.3 is 39.5 Å². The molecule has 0 bridgehead atoms. The number of ether oxygens (including phenoxy) is 4. The Hall–Kier alpha value is -1.94. The van der Waals surface area contributed by atoms with Gasteiger partial charge in [0.05, 0.1) is 26.4 Å². The van der Waals surface area contributed by atoms with E-state index in [2.05, 4.69) is 34.6 Å². The van der Waals surface area contributed by atoms with Gasteiger partial charge in [0.25, 0.3) is 0 Å². The molecule has 19 heteroatoms. The van der Waals surface area contributed by atoms with E-state index >= 15 is 0 Å². The highest BCUT2D eigenvalue weighted by molar-refractivity contribution is 7.47. The Kier molecular flexibility index (Phi) is 72.5. The molecule has 0 aliphatic heterocycles. The highest BCUT2D eigenvalue weighted by Gasteiger charge is 2.30. The van der Waals surface area contributed by atoms with E-state index in [1.165, 1.54) is 257 Å². The molecule has 0 saturated heterocycles. The van der Waals surface area contributed by atoms with E-state index in [0.29, 0.717) is 25.7 Å². The molecule has 17 nitrogen and oxygen atoms in total. The average molecular weight is 1470 g/mol. The molecule has 0 aromatic carbocycles. The van der Waals surface area contributed by atoms with E-state index in [1.54, 1.807) is 0 Å². The van der Waals surface area contributed by atoms with Crippen molar-refractivity contribution >= 4 is 39.5 Å². The molecule has 3 unspecified atom stereocenters. The van der Waals surface area contributed by atoms with Gasteiger partial charge in [0.1, 0.15) is 19.3 Å². The number of hydrogen-bond acceptors (Lipinski definition) is 15. The second-order valence-electron chi connectivity index (χ2n) is 29.4. The third kappa shape index (κ3) is 73.0. The summed E-state index contributed by atoms with van der Waals surface area (Å²) in [6, 6.07) is 0. The SMILES string of the molecule is CCCCCCCCCCCCCCCCCCCCCCCC(=O)O[C@H](COC(=O)CCCCCCCCCCCCCCCCC)COP(=O)(O)OC[C@@H](O)COP(=O)(O)OC[C@@H](COC(=O)CCCCCCCCCCCCCC)OC(=O)CCCCCCCCCCC(C)CC. The molecule has 0 spiro atoms. The fourth-order valence-corrected chi connectivity index (χ4v) is 14.1. The van der Waals surface area contributed by atoms with E-state index in [1.807, 2.05) is 0 Å². The van der Waals surface area contributed by atoms with Crippen LogP contribution in [-0.4, -0.2) is 96.7 Å². The van der Waals surface area contributed by atoms with Crippen LogP contribution in [0.15, 0.2) is 0 Å². The monoisotopic (exact) mass is 1470 g/mol. The number of rotatable bonds is 81. The summed E-state index contributed by atoms with van der Waals surface area (Å²) in [5.74, 6) is -1.34. The lowest BCUT2D eigenvalue weighted by atomic mass is 9.99. The lowest BCUT2D eigenvalue weighted by Crippen LogP contribution is -2.30. The number of carbonyl (C=O) groups excluding carboxylic acids is 4. The van der Waals surface area contributed by atoms with Gasteiger partial charge in [0.15, 0.2) is 12.2 Å². The van der Waals surface area contributed by atoms with Crippen LogP contribution in [0.1, 0.15) is 433 Å². The molecule has 3 N–H and O–H groups in total. The number of carbonyl (C=O) groups is 4. The molecule has 0 radical (unpaired) electrons. The standard InChI is InChI=1S/C81H158O17P2/c1-6-10-13-16-19-22-25-28-30-31-32-33-34-35-37-39-42-45-51-56-61-66-80(85)97-76(70-91-79(84)65-60-55-50-44-41-38-36-29-26-23-20-17-14-11-7-2)72-95-99(87,88)93-68-75(82)69-94-100(89,90)96-73-77(98-81(86)67-62-57-52-47-46-48-53-58-63-74(5)9-4)71-92-78(83)64-59-54-49-43-40-27-24-21-18-15-12-8-3/h74-77,82H,6-73H2,1-5H3,(H,87,88)(H,89,90)/t74?,75-,76-,77-/m1/s1. The van der Waals surface area contributed by atoms with Gasteiger partial charge in [0.2, 0.25) is 0 Å². The summed E-state index contributed by atoms with van der Waals surface area (Å²) in [7, 11) is -9.92. The quantitative estimate of drug-likeness (QED) is 0.0222. The predicted octanol–water partition coefficient (Wildman–Crippen LogP) is 24.4. The first kappa shape index (κ1) is 98.1. The summed E-state index contributed by atoms with van der Waals surface area (Å²) < 4.78 is 68.7. The minimum atomic E-state index is -4.96. The predicted molar refractivity (Wildman–Crippen MR) is 409 cm³/mol. The summed E-state index contributed by atoms with van der Waals surface area (Å²) in [6.45, 7) is 7.33. The van der Waals surface area contributed by atoms with Gasteiger partial charge in [0, 0.05) is 25.7 Å². The molecular weight excluding hydrogens is 1310 g/mol. The second kappa shape index (κ2) is 73.9. The smallest absolute Gasteiger partial charge is 0.462 e. The molecule has 0 rings (SSSR count). The lowest BCUT2D eigenvalue weighted by molar-refractivity contribution is -0.161. The normalized spacial score (nSPS) is 14.1. The maximum Gasteiger partial charge on any atom is 0.472 e. The van der Waals surface area contributed by atoms with Crippen LogP contribution in [-0.2, 0) is 65.4 Å². The zero-order chi connectivity index (χ0) is 73.4. The van der Waals surface area contributed by atoms with Crippen LogP contribution in [0.2, 0.25) is 0 Å². The van der Waals surface area contributed by atoms with Crippen LogP contribution < -0.4 is 0 Å². The first-order valence-electron chi connectivity index (χ1n) is 42.2. The molecule has 0 amide bonds. The fourth-order valence-electron chi connectivity index (χ4n) is 12.6. The molecule has 100 heavy (non-hydrogen) atoms. The summed E-state index contributed by atoms with van der Waals surface area (Å²) >= 11 is 0. The Morgan fingerprint density at radius 2 is 0.480 bits per heavy atom. The first-order valence-corrected chi connectivity index (χ1v) is 45.2. The number of unbranched alkanes of at least 4 members (excludes halogenated alkanes) is 52. The molecule has 0 aromatic rings. The Morgan fingerprint density at radius 1 is 0.280 bits per heavy atom. The molecule has 0 fully saturated rings. The van der Waals surface area contributed by atoms with Crippen LogP contribution >= 0.6 is 15.6 Å². The van der Waals surface area contributed by atoms with Crippen molar-refractivity contribution in [2.75, 3.05) is 39.6 Å². The third-order valence-electron chi connectivity index (χ3n) is 19.4. The summed E-state index contributed by atoms with van der Waals surface area (Å²) in [5.41, 5.74) is 0. The van der Waals surface area contributed by atoms with Gasteiger partial charge in [-0.05, 0) is 31.6 Å². The van der Waals surface area contributed by atoms with Crippen molar-refractivity contribution in [1.29, 1.82) is 0 Å². The summed E-state index contributed by atoms with van der Waals surface area (Å²) in [6.07, 6.45) is 65.2. The zero-order valence-electron chi connectivity index (χ0n) is 65.3. The molecule has 0 aliphatic carbocycles. The van der Waals surface area contributed by atoms with E-state index < -0.39 is 97.5 Å². The molecule has 0 aliphatic rings. The van der Waals surface area contributed by atoms with Crippen LogP contribution in [0.5, 0.6) is 0 Å². The van der Waals surface area contributed by atoms with Crippen molar-refractivity contribution in [3.63, 3.8) is 0 Å². The number of hydrogen-bond donors (Lipinski definition) is 3. The Morgan fingerprint density at radius 3 is 0.710 bits per heavy atom. The Bertz CT molecular complexity index is 1910. The molecule has 0 heterocycles. The zero-order valence-corrected chi connectivity index (χ0v) is 67.1. The fraction of sp³-hybridized carbons (Fsp3) is 0.951. The van der Waals surface area contributed by atoms with E-state index in [9.17, 15) is 43.2 Å². The minimum Gasteiger partial charge on any atom is -0.462 e. The number of phosphoric ester groups is 2. The number of esters is 4. The van der Waals surface area contributed by atoms with Gasteiger partial charge in [-0.15, -0.1) is 0 Å². The van der Waals surface area contributed by atoms with Gasteiger partial charge < -0.3 is 33.8 Å². The number of aliphatic hydroxyl groups excluding tert-OH is 1. The Labute approximate surface area is 613 Å². The third-order valence-corrected chi connectivity index (χ3v) is 21.3. The molecule has 594 valence electrons. The average Bonchev–Trinajstić information content (AvgIpc) is 1.04. The van der Waals surface area contributed by atoms with Crippen molar-refractivity contribution in [3.05, 3.63) is 0 Å². The highest BCUT2D eigenvalue weighted by atomic mass is 31.2. The van der Waals surface area contributed by atoms with Gasteiger partial charge in [-0.3, -0.25) is 37.3 Å². The molecule has 0 aromatic heterocycles. The Balaban J connectivity index is 5.23. The van der Waals surface area contributed by atoms with Crippen molar-refractivity contribution in [2.45, 2.75) is 451 Å². The maximum absolute atomic E-state index is 13.1. The topological polar surface area (TPSA) is 237 Å². The van der Waals surface area contributed by atoms with E-state index in [4.69, 9.17) is 37.0 Å². The number of phosphoric acid groups is 2. The van der Waals surface area contributed by atoms with Crippen LogP contribution in [0.4, 0.5) is 0 Å². The molecular formula is C81H158O17P2. The molecule has 6 atom stereocenters. The van der Waals surface area contributed by atoms with Crippen molar-refractivity contribution in [3.8, 4) is 0 Å². The van der Waals surface area contributed by atoms with E-state index in [0.717, 1.165) is 95.8 Å². The molecule has 0 saturated carbocycles.